The Morgan fingerprint density at radius 3 is 2.27 bits per heavy atom. The van der Waals surface area contributed by atoms with Crippen LogP contribution in [0.2, 0.25) is 18.1 Å². The zero-order valence-corrected chi connectivity index (χ0v) is 33.7. The highest BCUT2D eigenvalue weighted by Gasteiger charge is 2.67. The van der Waals surface area contributed by atoms with Crippen LogP contribution in [0.15, 0.2) is 26.4 Å². The van der Waals surface area contributed by atoms with E-state index in [0.717, 1.165) is 41.4 Å². The van der Waals surface area contributed by atoms with E-state index in [2.05, 4.69) is 68.8 Å². The van der Waals surface area contributed by atoms with E-state index < -0.39 is 31.7 Å². The van der Waals surface area contributed by atoms with E-state index in [-0.39, 0.29) is 39.5 Å². The second kappa shape index (κ2) is 13.8. The van der Waals surface area contributed by atoms with Crippen LogP contribution in [0, 0.1) is 11.8 Å². The molecule has 0 fully saturated rings. The number of aliphatic hydroxyl groups excluding tert-OH is 1. The van der Waals surface area contributed by atoms with Crippen LogP contribution in [-0.2, 0) is 10.8 Å². The monoisotopic (exact) mass is 759 g/mol. The average molecular weight is 761 g/mol. The summed E-state index contributed by atoms with van der Waals surface area (Å²) in [5.41, 5.74) is 0.764. The molecule has 3 aliphatic rings. The fourth-order valence-electron chi connectivity index (χ4n) is 7.48. The van der Waals surface area contributed by atoms with Gasteiger partial charge >= 0.3 is 0 Å². The van der Waals surface area contributed by atoms with Crippen LogP contribution in [0.3, 0.4) is 0 Å². The van der Waals surface area contributed by atoms with Crippen LogP contribution in [0.25, 0.3) is 0 Å². The van der Waals surface area contributed by atoms with Crippen molar-refractivity contribution in [2.75, 3.05) is 46.3 Å². The van der Waals surface area contributed by atoms with E-state index in [1.165, 1.54) is 0 Å². The number of nitrogens with zero attached hydrogens (tertiary/aromatic N) is 3. The number of Topliss-reactive ketones (excluding diaryl/α,β-unsaturated/α-hetero) is 2. The van der Waals surface area contributed by atoms with Gasteiger partial charge in [0.1, 0.15) is 17.1 Å². The molecule has 5 rings (SSSR count). The van der Waals surface area contributed by atoms with E-state index >= 15 is 4.79 Å². The van der Waals surface area contributed by atoms with Crippen molar-refractivity contribution in [3.05, 3.63) is 44.3 Å². The smallest absolute Gasteiger partial charge is 0.265 e. The normalized spacial score (nSPS) is 23.7. The van der Waals surface area contributed by atoms with Gasteiger partial charge in [0, 0.05) is 30.1 Å². The first-order valence-corrected chi connectivity index (χ1v) is 21.3. The number of halogens is 1. The molecule has 270 valence electrons. The number of benzene rings is 1. The minimum Gasteiger partial charge on any atom is -0.508 e. The van der Waals surface area contributed by atoms with E-state index in [9.17, 15) is 9.90 Å². The predicted octanol–water partition coefficient (Wildman–Crippen LogP) is 8.31. The van der Waals surface area contributed by atoms with Crippen molar-refractivity contribution < 1.29 is 33.1 Å². The summed E-state index contributed by atoms with van der Waals surface area (Å²) >= 11 is 3.76. The number of ketones is 2. The van der Waals surface area contributed by atoms with Gasteiger partial charge in [-0.1, -0.05) is 47.5 Å². The van der Waals surface area contributed by atoms with Gasteiger partial charge < -0.3 is 28.4 Å². The molecular formula is C37H54BrN3O7Si. The van der Waals surface area contributed by atoms with Gasteiger partial charge in [-0.3, -0.25) is 14.5 Å². The van der Waals surface area contributed by atoms with Crippen molar-refractivity contribution in [2.45, 2.75) is 103 Å². The number of rotatable bonds is 12. The molecule has 0 saturated carbocycles. The molecule has 0 bridgehead atoms. The molecule has 1 heterocycles. The third-order valence-electron chi connectivity index (χ3n) is 10.9. The summed E-state index contributed by atoms with van der Waals surface area (Å²) in [6.45, 7) is 15.4. The van der Waals surface area contributed by atoms with Gasteiger partial charge in [-0.25, -0.2) is 0 Å². The van der Waals surface area contributed by atoms with Crippen LogP contribution >= 0.6 is 15.9 Å². The van der Waals surface area contributed by atoms with Crippen molar-refractivity contribution in [1.82, 2.24) is 10.1 Å². The van der Waals surface area contributed by atoms with E-state index in [1.54, 1.807) is 0 Å². The number of anilines is 1. The molecule has 10 nitrogen and oxygen atoms in total. The number of allylic oxidation sites excluding steroid dienone is 1. The van der Waals surface area contributed by atoms with E-state index in [1.807, 2.05) is 44.1 Å². The van der Waals surface area contributed by atoms with Crippen molar-refractivity contribution in [3.63, 3.8) is 0 Å². The van der Waals surface area contributed by atoms with Crippen LogP contribution in [0.4, 0.5) is 5.69 Å². The molecule has 3 aliphatic carbocycles. The Morgan fingerprint density at radius 2 is 1.69 bits per heavy atom. The number of ether oxygens (including phenoxy) is 2. The fourth-order valence-corrected chi connectivity index (χ4v) is 9.74. The van der Waals surface area contributed by atoms with Crippen molar-refractivity contribution >= 4 is 41.5 Å². The van der Waals surface area contributed by atoms with Gasteiger partial charge in [0.25, 0.3) is 5.88 Å². The Bertz CT molecular complexity index is 1640. The van der Waals surface area contributed by atoms with Crippen LogP contribution in [0.1, 0.15) is 105 Å². The Hall–Kier alpha value is -2.67. The van der Waals surface area contributed by atoms with Gasteiger partial charge in [-0.05, 0) is 96.5 Å². The standard InChI is InChI=1S/C37H54BrN3O7Si/c1-12-14-16-45-25-20-24(38)29(40(6)7)22-18-21-19-23-30(41(8)9)32-28(35(39-47-32)46-17-15-13-2)34(44)37(23,48-49(10,11)36(3,4)5)33(43)26(21)31(42)27(22)25/h20-21,23,30,43H,12-19H2,1-11H3/t21-,23-,30-,37-/m0/s1. The summed E-state index contributed by atoms with van der Waals surface area (Å²) in [6.07, 6.45) is 4.35. The number of hydrogen-bond donors (Lipinski definition) is 1. The number of fused-ring (bicyclic) bond motifs is 4. The fraction of sp³-hybridized carbons (Fsp3) is 0.649. The molecule has 49 heavy (non-hydrogen) atoms. The van der Waals surface area contributed by atoms with Crippen LogP contribution < -0.4 is 14.4 Å². The minimum atomic E-state index is -2.80. The molecule has 1 aromatic heterocycles. The molecule has 0 amide bonds. The second-order valence-corrected chi connectivity index (χ2v) is 21.3. The molecule has 12 heteroatoms. The summed E-state index contributed by atoms with van der Waals surface area (Å²) in [5.74, 6) is -1.07. The average Bonchev–Trinajstić information content (AvgIpc) is 3.41. The van der Waals surface area contributed by atoms with Gasteiger partial charge in [0.2, 0.25) is 5.78 Å². The molecule has 0 spiro atoms. The molecule has 0 aliphatic heterocycles. The summed E-state index contributed by atoms with van der Waals surface area (Å²) in [6, 6.07) is 1.36. The molecular weight excluding hydrogens is 706 g/mol. The zero-order chi connectivity index (χ0) is 36.2. The molecule has 2 aromatic rings. The number of aromatic nitrogens is 1. The first-order chi connectivity index (χ1) is 22.9. The van der Waals surface area contributed by atoms with Crippen molar-refractivity contribution in [1.29, 1.82) is 0 Å². The Balaban J connectivity index is 1.80. The quantitative estimate of drug-likeness (QED) is 0.167. The Morgan fingerprint density at radius 1 is 1.06 bits per heavy atom. The lowest BCUT2D eigenvalue weighted by Gasteiger charge is -2.55. The maximum absolute atomic E-state index is 15.3. The highest BCUT2D eigenvalue weighted by atomic mass is 79.9. The number of aliphatic hydroxyl groups is 1. The molecule has 4 atom stereocenters. The predicted molar refractivity (Wildman–Crippen MR) is 197 cm³/mol. The maximum Gasteiger partial charge on any atom is 0.265 e. The lowest BCUT2D eigenvalue weighted by molar-refractivity contribution is -0.0480. The van der Waals surface area contributed by atoms with Crippen molar-refractivity contribution in [3.8, 4) is 11.6 Å². The third-order valence-corrected chi connectivity index (χ3v) is 16.0. The summed E-state index contributed by atoms with van der Waals surface area (Å²) in [7, 11) is 4.98. The SMILES string of the molecule is CCCCOc1cc(Br)c(N(C)C)c2c1C(=O)C1=C(O)[C@]3(O[Si](C)(C)C(C)(C)C)C(=O)c4c(OCCCC)noc4[C@@H](N(C)C)[C@@H]3C[C@@H]1C2. The lowest BCUT2D eigenvalue weighted by atomic mass is 9.58. The summed E-state index contributed by atoms with van der Waals surface area (Å²) < 4.78 is 26.3. The van der Waals surface area contributed by atoms with E-state index in [4.69, 9.17) is 18.4 Å². The van der Waals surface area contributed by atoms with Gasteiger partial charge in [0.05, 0.1) is 30.5 Å². The number of hydrogen-bond acceptors (Lipinski definition) is 10. The van der Waals surface area contributed by atoms with Gasteiger partial charge in [0.15, 0.2) is 25.5 Å². The minimum absolute atomic E-state index is 0.101. The topological polar surface area (TPSA) is 115 Å². The van der Waals surface area contributed by atoms with Crippen LogP contribution in [0.5, 0.6) is 11.6 Å². The first kappa shape index (κ1) is 37.6. The van der Waals surface area contributed by atoms with E-state index in [0.29, 0.717) is 43.1 Å². The highest BCUT2D eigenvalue weighted by Crippen LogP contribution is 2.60. The third kappa shape index (κ3) is 6.18. The first-order valence-electron chi connectivity index (χ1n) is 17.6. The number of unbranched alkanes of at least 4 members (excludes halogenated alkanes) is 2. The molecule has 0 radical (unpaired) electrons. The van der Waals surface area contributed by atoms with Gasteiger partial charge in [-0.2, -0.15) is 0 Å². The molecule has 0 saturated heterocycles. The van der Waals surface area contributed by atoms with Crippen molar-refractivity contribution in [2.24, 2.45) is 11.8 Å². The number of carbonyl (C=O) groups is 2. The summed E-state index contributed by atoms with van der Waals surface area (Å²) in [4.78, 5) is 34.3. The molecule has 0 unspecified atom stereocenters. The maximum atomic E-state index is 15.3. The Kier molecular flexibility index (Phi) is 10.6. The lowest BCUT2D eigenvalue weighted by Crippen LogP contribution is -2.65. The van der Waals surface area contributed by atoms with Gasteiger partial charge in [-0.15, -0.1) is 0 Å². The molecule has 1 aromatic carbocycles. The second-order valence-electron chi connectivity index (χ2n) is 15.8. The largest absolute Gasteiger partial charge is 0.508 e. The molecule has 1 N–H and O–H groups in total. The highest BCUT2D eigenvalue weighted by molar-refractivity contribution is 9.10. The number of carbonyl (C=O) groups excluding carboxylic acids is 2. The summed E-state index contributed by atoms with van der Waals surface area (Å²) in [5, 5.41) is 16.8. The zero-order valence-electron chi connectivity index (χ0n) is 31.1. The Labute approximate surface area is 300 Å². The van der Waals surface area contributed by atoms with Crippen LogP contribution in [-0.4, -0.2) is 82.1 Å².